The number of amides is 1. The van der Waals surface area contributed by atoms with Gasteiger partial charge in [-0.3, -0.25) is 4.79 Å². The van der Waals surface area contributed by atoms with E-state index in [0.29, 0.717) is 26.6 Å². The Morgan fingerprint density at radius 1 is 1.35 bits per heavy atom. The molecule has 1 aromatic heterocycles. The second-order valence-corrected chi connectivity index (χ2v) is 5.61. The molecule has 0 aliphatic heterocycles. The predicted octanol–water partition coefficient (Wildman–Crippen LogP) is 3.82. The summed E-state index contributed by atoms with van der Waals surface area (Å²) in [5, 5.41) is 3.41. The van der Waals surface area contributed by atoms with Gasteiger partial charge in [0, 0.05) is 30.3 Å². The summed E-state index contributed by atoms with van der Waals surface area (Å²) in [6, 6.07) is 8.62. The molecule has 4 nitrogen and oxygen atoms in total. The molecule has 1 amide bonds. The number of halogens is 2. The van der Waals surface area contributed by atoms with E-state index in [0.717, 1.165) is 0 Å². The molecule has 2 aromatic rings. The molecule has 0 saturated heterocycles. The van der Waals surface area contributed by atoms with Crippen molar-refractivity contribution in [1.29, 1.82) is 0 Å². The summed E-state index contributed by atoms with van der Waals surface area (Å²) in [7, 11) is 3.74. The average molecular weight is 355 g/mol. The summed E-state index contributed by atoms with van der Waals surface area (Å²) in [5.74, 6) is 0.493. The minimum atomic E-state index is -0.210. The van der Waals surface area contributed by atoms with Crippen LogP contribution < -0.4 is 10.2 Å². The third-order valence-corrected chi connectivity index (χ3v) is 3.85. The first-order valence-electron chi connectivity index (χ1n) is 5.88. The summed E-state index contributed by atoms with van der Waals surface area (Å²) in [4.78, 5) is 18.3. The Kier molecular flexibility index (Phi) is 4.62. The Morgan fingerprint density at radius 2 is 2.10 bits per heavy atom. The molecule has 0 bridgehead atoms. The Morgan fingerprint density at radius 3 is 2.75 bits per heavy atom. The monoisotopic (exact) mass is 353 g/mol. The van der Waals surface area contributed by atoms with Gasteiger partial charge in [0.25, 0.3) is 5.91 Å². The highest BCUT2D eigenvalue weighted by Gasteiger charge is 2.12. The van der Waals surface area contributed by atoms with Crippen LogP contribution in [0, 0.1) is 0 Å². The van der Waals surface area contributed by atoms with Crippen molar-refractivity contribution < 1.29 is 4.79 Å². The van der Waals surface area contributed by atoms with Gasteiger partial charge in [-0.15, -0.1) is 0 Å². The molecule has 0 fully saturated rings. The number of pyridine rings is 1. The maximum atomic E-state index is 12.2. The third kappa shape index (κ3) is 3.29. The molecule has 1 heterocycles. The SMILES string of the molecule is CN(C)c1ncccc1NC(=O)c1ccc(Cl)c(Br)c1. The minimum Gasteiger partial charge on any atom is -0.361 e. The van der Waals surface area contributed by atoms with Gasteiger partial charge in [-0.2, -0.15) is 0 Å². The molecule has 0 saturated carbocycles. The van der Waals surface area contributed by atoms with Crippen molar-refractivity contribution >= 4 is 44.9 Å². The van der Waals surface area contributed by atoms with Gasteiger partial charge in [-0.05, 0) is 46.3 Å². The zero-order valence-corrected chi connectivity index (χ0v) is 13.4. The maximum absolute atomic E-state index is 12.2. The van der Waals surface area contributed by atoms with Gasteiger partial charge in [-0.1, -0.05) is 11.6 Å². The van der Waals surface area contributed by atoms with Crippen molar-refractivity contribution in [3.63, 3.8) is 0 Å². The van der Waals surface area contributed by atoms with Crippen LogP contribution in [-0.4, -0.2) is 25.0 Å². The summed E-state index contributed by atoms with van der Waals surface area (Å²) >= 11 is 9.22. The van der Waals surface area contributed by atoms with Gasteiger partial charge in [0.1, 0.15) is 0 Å². The Labute approximate surface area is 130 Å². The van der Waals surface area contributed by atoms with Crippen LogP contribution in [0.1, 0.15) is 10.4 Å². The zero-order valence-electron chi connectivity index (χ0n) is 11.0. The predicted molar refractivity (Wildman–Crippen MR) is 85.7 cm³/mol. The van der Waals surface area contributed by atoms with Crippen LogP contribution in [0.4, 0.5) is 11.5 Å². The average Bonchev–Trinajstić information content (AvgIpc) is 2.42. The van der Waals surface area contributed by atoms with Gasteiger partial charge in [0.05, 0.1) is 10.7 Å². The molecule has 6 heteroatoms. The van der Waals surface area contributed by atoms with Crippen LogP contribution in [0.5, 0.6) is 0 Å². The Balaban J connectivity index is 2.26. The lowest BCUT2D eigenvalue weighted by atomic mass is 10.2. The molecule has 1 N–H and O–H groups in total. The molecule has 0 spiro atoms. The van der Waals surface area contributed by atoms with E-state index in [1.807, 2.05) is 25.1 Å². The number of anilines is 2. The summed E-state index contributed by atoms with van der Waals surface area (Å²) in [6.07, 6.45) is 1.68. The van der Waals surface area contributed by atoms with Gasteiger partial charge in [-0.25, -0.2) is 4.98 Å². The van der Waals surface area contributed by atoms with Crippen LogP contribution in [0.15, 0.2) is 41.0 Å². The summed E-state index contributed by atoms with van der Waals surface area (Å²) in [6.45, 7) is 0. The smallest absolute Gasteiger partial charge is 0.255 e. The first-order chi connectivity index (χ1) is 9.49. The number of nitrogens with one attached hydrogen (secondary N) is 1. The first kappa shape index (κ1) is 14.8. The number of hydrogen-bond donors (Lipinski definition) is 1. The Bertz CT molecular complexity index is 646. The fourth-order valence-corrected chi connectivity index (χ4v) is 2.18. The van der Waals surface area contributed by atoms with E-state index in [2.05, 4.69) is 26.2 Å². The van der Waals surface area contributed by atoms with Crippen molar-refractivity contribution in [3.8, 4) is 0 Å². The van der Waals surface area contributed by atoms with Gasteiger partial charge < -0.3 is 10.2 Å². The number of rotatable bonds is 3. The van der Waals surface area contributed by atoms with E-state index >= 15 is 0 Å². The van der Waals surface area contributed by atoms with Crippen molar-refractivity contribution in [2.45, 2.75) is 0 Å². The molecule has 0 unspecified atom stereocenters. The topological polar surface area (TPSA) is 45.2 Å². The molecule has 0 radical (unpaired) electrons. The summed E-state index contributed by atoms with van der Waals surface area (Å²) < 4.78 is 0.686. The quantitative estimate of drug-likeness (QED) is 0.911. The Hall–Kier alpha value is -1.59. The van der Waals surface area contributed by atoms with Gasteiger partial charge in [0.2, 0.25) is 0 Å². The normalized spacial score (nSPS) is 10.2. The van der Waals surface area contributed by atoms with Crippen LogP contribution in [0.3, 0.4) is 0 Å². The lowest BCUT2D eigenvalue weighted by molar-refractivity contribution is 0.102. The van der Waals surface area contributed by atoms with E-state index < -0.39 is 0 Å². The highest BCUT2D eigenvalue weighted by molar-refractivity contribution is 9.10. The first-order valence-corrected chi connectivity index (χ1v) is 7.05. The van der Waals surface area contributed by atoms with E-state index in [-0.39, 0.29) is 5.91 Å². The van der Waals surface area contributed by atoms with Crippen LogP contribution in [0.2, 0.25) is 5.02 Å². The van der Waals surface area contributed by atoms with Crippen molar-refractivity contribution in [2.24, 2.45) is 0 Å². The second-order valence-electron chi connectivity index (χ2n) is 4.35. The van der Waals surface area contributed by atoms with E-state index in [4.69, 9.17) is 11.6 Å². The largest absolute Gasteiger partial charge is 0.361 e. The fourth-order valence-electron chi connectivity index (χ4n) is 1.68. The highest BCUT2D eigenvalue weighted by Crippen LogP contribution is 2.25. The number of nitrogens with zero attached hydrogens (tertiary/aromatic N) is 2. The van der Waals surface area contributed by atoms with Crippen molar-refractivity contribution in [2.75, 3.05) is 24.3 Å². The van der Waals surface area contributed by atoms with Crippen LogP contribution >= 0.6 is 27.5 Å². The molecule has 1 aromatic carbocycles. The fraction of sp³-hybridized carbons (Fsp3) is 0.143. The molecular weight excluding hydrogens is 342 g/mol. The van der Waals surface area contributed by atoms with Crippen molar-refractivity contribution in [1.82, 2.24) is 4.98 Å². The molecule has 0 aliphatic carbocycles. The molecule has 2 rings (SSSR count). The zero-order chi connectivity index (χ0) is 14.7. The summed E-state index contributed by atoms with van der Waals surface area (Å²) in [5.41, 5.74) is 1.18. The number of carbonyl (C=O) groups is 1. The van der Waals surface area contributed by atoms with E-state index in [1.54, 1.807) is 30.5 Å². The molecule has 104 valence electrons. The number of carbonyl (C=O) groups excluding carboxylic acids is 1. The lowest BCUT2D eigenvalue weighted by Gasteiger charge is -2.16. The van der Waals surface area contributed by atoms with Crippen LogP contribution in [-0.2, 0) is 0 Å². The number of aromatic nitrogens is 1. The minimum absolute atomic E-state index is 0.210. The number of benzene rings is 1. The molecule has 20 heavy (non-hydrogen) atoms. The molecular formula is C14H13BrClN3O. The van der Waals surface area contributed by atoms with E-state index in [9.17, 15) is 4.79 Å². The van der Waals surface area contributed by atoms with E-state index in [1.165, 1.54) is 0 Å². The maximum Gasteiger partial charge on any atom is 0.255 e. The van der Waals surface area contributed by atoms with Crippen molar-refractivity contribution in [3.05, 3.63) is 51.6 Å². The third-order valence-electron chi connectivity index (χ3n) is 2.64. The number of hydrogen-bond acceptors (Lipinski definition) is 3. The molecule has 0 aliphatic rings. The van der Waals surface area contributed by atoms with Gasteiger partial charge in [0.15, 0.2) is 5.82 Å². The lowest BCUT2D eigenvalue weighted by Crippen LogP contribution is -2.17. The molecule has 0 atom stereocenters. The second kappa shape index (κ2) is 6.24. The standard InChI is InChI=1S/C14H13BrClN3O/c1-19(2)13-12(4-3-7-17-13)18-14(20)9-5-6-11(16)10(15)8-9/h3-8H,1-2H3,(H,18,20). The van der Waals surface area contributed by atoms with Crippen LogP contribution in [0.25, 0.3) is 0 Å². The highest BCUT2D eigenvalue weighted by atomic mass is 79.9. The van der Waals surface area contributed by atoms with Gasteiger partial charge >= 0.3 is 0 Å².